The van der Waals surface area contributed by atoms with Crippen molar-refractivity contribution in [2.45, 2.75) is 18.0 Å². The van der Waals surface area contributed by atoms with Gasteiger partial charge in [-0.25, -0.2) is 8.78 Å². The summed E-state index contributed by atoms with van der Waals surface area (Å²) in [5.74, 6) is -0.371. The number of rotatable bonds is 6. The first-order valence-corrected chi connectivity index (χ1v) is 11.5. The monoisotopic (exact) mass is 485 g/mol. The van der Waals surface area contributed by atoms with E-state index in [1.807, 2.05) is 34.7 Å². The molecule has 1 spiro atoms. The highest BCUT2D eigenvalue weighted by Gasteiger charge is 2.54. The normalized spacial score (nSPS) is 19.1. The summed E-state index contributed by atoms with van der Waals surface area (Å²) in [7, 11) is 5.05. The zero-order chi connectivity index (χ0) is 24.9. The summed E-state index contributed by atoms with van der Waals surface area (Å²) in [6.07, 6.45) is 0. The van der Waals surface area contributed by atoms with Crippen LogP contribution in [0.3, 0.4) is 0 Å². The van der Waals surface area contributed by atoms with Crippen LogP contribution < -0.4 is 4.74 Å². The standard InChI is InChI=1S/C26H29F2N3O4/c1-29-21-9-18(35-3)5-6-19(21)24-25(29)22(11-32)30(10-16-8-17(27)4-7-20(16)28)13-26(24)14-31(15-26)23(33)12-34-2/h4-9,22,32H,10-15H2,1-3H3/t22-/m1/s1. The largest absolute Gasteiger partial charge is 0.497 e. The summed E-state index contributed by atoms with van der Waals surface area (Å²) < 4.78 is 41.0. The van der Waals surface area contributed by atoms with E-state index in [1.165, 1.54) is 13.2 Å². The van der Waals surface area contributed by atoms with Crippen LogP contribution in [0.4, 0.5) is 8.78 Å². The minimum absolute atomic E-state index is 0.00710. The quantitative estimate of drug-likeness (QED) is 0.582. The van der Waals surface area contributed by atoms with Crippen molar-refractivity contribution in [3.8, 4) is 5.75 Å². The number of amides is 1. The number of nitrogens with zero attached hydrogens (tertiary/aromatic N) is 3. The number of methoxy groups -OCH3 is 2. The smallest absolute Gasteiger partial charge is 0.248 e. The number of hydrogen-bond acceptors (Lipinski definition) is 5. The lowest BCUT2D eigenvalue weighted by molar-refractivity contribution is -0.144. The number of likely N-dealkylation sites (tertiary alicyclic amines) is 1. The Morgan fingerprint density at radius 3 is 2.60 bits per heavy atom. The summed E-state index contributed by atoms with van der Waals surface area (Å²) >= 11 is 0. The van der Waals surface area contributed by atoms with Crippen LogP contribution in [0.1, 0.15) is 22.9 Å². The zero-order valence-electron chi connectivity index (χ0n) is 20.1. The lowest BCUT2D eigenvalue weighted by atomic mass is 9.68. The van der Waals surface area contributed by atoms with Crippen LogP contribution >= 0.6 is 0 Å². The second-order valence-corrected chi connectivity index (χ2v) is 9.50. The first-order chi connectivity index (χ1) is 16.8. The number of hydrogen-bond donors (Lipinski definition) is 1. The number of aliphatic hydroxyl groups is 1. The zero-order valence-corrected chi connectivity index (χ0v) is 20.1. The number of ether oxygens (including phenoxy) is 2. The average Bonchev–Trinajstić information content (AvgIpc) is 3.11. The minimum atomic E-state index is -0.508. The summed E-state index contributed by atoms with van der Waals surface area (Å²) in [4.78, 5) is 16.3. The topological polar surface area (TPSA) is 67.2 Å². The first-order valence-electron chi connectivity index (χ1n) is 11.5. The Labute approximate surface area is 202 Å². The van der Waals surface area contributed by atoms with Gasteiger partial charge in [-0.3, -0.25) is 9.69 Å². The average molecular weight is 486 g/mol. The molecule has 0 unspecified atom stereocenters. The van der Waals surface area contributed by atoms with Gasteiger partial charge in [0.05, 0.1) is 25.3 Å². The van der Waals surface area contributed by atoms with Crippen molar-refractivity contribution in [3.63, 3.8) is 0 Å². The van der Waals surface area contributed by atoms with Gasteiger partial charge in [0.15, 0.2) is 0 Å². The van der Waals surface area contributed by atoms with Crippen LogP contribution in [0, 0.1) is 11.6 Å². The maximum atomic E-state index is 14.6. The van der Waals surface area contributed by atoms with E-state index in [2.05, 4.69) is 0 Å². The number of carbonyl (C=O) groups excluding carboxylic acids is 1. The van der Waals surface area contributed by atoms with Crippen LogP contribution in [-0.4, -0.2) is 72.4 Å². The third-order valence-electron chi connectivity index (χ3n) is 7.41. The Balaban J connectivity index is 1.63. The molecule has 3 aromatic rings. The molecule has 1 saturated heterocycles. The van der Waals surface area contributed by atoms with Crippen molar-refractivity contribution >= 4 is 16.8 Å². The van der Waals surface area contributed by atoms with Crippen LogP contribution in [0.5, 0.6) is 5.75 Å². The van der Waals surface area contributed by atoms with E-state index in [-0.39, 0.29) is 31.2 Å². The maximum absolute atomic E-state index is 14.6. The van der Waals surface area contributed by atoms with E-state index in [0.717, 1.165) is 34.3 Å². The van der Waals surface area contributed by atoms with E-state index in [0.29, 0.717) is 25.4 Å². The van der Waals surface area contributed by atoms with Gasteiger partial charge in [0.25, 0.3) is 0 Å². The highest BCUT2D eigenvalue weighted by molar-refractivity contribution is 5.89. The third-order valence-corrected chi connectivity index (χ3v) is 7.41. The number of aryl methyl sites for hydroxylation is 1. The number of aliphatic hydroxyl groups excluding tert-OH is 1. The van der Waals surface area contributed by atoms with Gasteiger partial charge >= 0.3 is 0 Å². The van der Waals surface area contributed by atoms with E-state index in [1.54, 1.807) is 12.0 Å². The molecule has 0 bridgehead atoms. The van der Waals surface area contributed by atoms with E-state index in [9.17, 15) is 18.7 Å². The molecule has 1 N–H and O–H groups in total. The fraction of sp³-hybridized carbons (Fsp3) is 0.423. The number of halogens is 2. The molecule has 5 rings (SSSR count). The predicted octanol–water partition coefficient (Wildman–Crippen LogP) is 2.74. The molecule has 3 heterocycles. The molecular formula is C26H29F2N3O4. The van der Waals surface area contributed by atoms with Crippen molar-refractivity contribution in [3.05, 3.63) is 64.9 Å². The Bertz CT molecular complexity index is 1290. The van der Waals surface area contributed by atoms with Gasteiger partial charge in [0.1, 0.15) is 24.0 Å². The SMILES string of the molecule is COCC(=O)N1CC2(C1)CN(Cc1cc(F)ccc1F)[C@H](CO)c1c2c2ccc(OC)cc2n1C. The van der Waals surface area contributed by atoms with Crippen LogP contribution in [0.25, 0.3) is 10.9 Å². The third kappa shape index (κ3) is 3.78. The molecular weight excluding hydrogens is 456 g/mol. The van der Waals surface area contributed by atoms with Crippen LogP contribution in [0.15, 0.2) is 36.4 Å². The fourth-order valence-corrected chi connectivity index (χ4v) is 5.85. The van der Waals surface area contributed by atoms with Crippen molar-refractivity contribution < 1.29 is 28.2 Å². The molecule has 1 amide bonds. The van der Waals surface area contributed by atoms with Gasteiger partial charge in [-0.2, -0.15) is 0 Å². The summed E-state index contributed by atoms with van der Waals surface area (Å²) in [5.41, 5.74) is 2.77. The molecule has 2 aliphatic rings. The van der Waals surface area contributed by atoms with E-state index < -0.39 is 23.1 Å². The fourth-order valence-electron chi connectivity index (χ4n) is 5.85. The summed E-state index contributed by atoms with van der Waals surface area (Å²) in [6, 6.07) is 8.88. The van der Waals surface area contributed by atoms with Gasteiger partial charge in [0.2, 0.25) is 5.91 Å². The Hall–Kier alpha value is -3.01. The highest BCUT2D eigenvalue weighted by atomic mass is 19.1. The molecule has 1 fully saturated rings. The van der Waals surface area contributed by atoms with Crippen molar-refractivity contribution in [1.29, 1.82) is 0 Å². The van der Waals surface area contributed by atoms with Crippen LogP contribution in [-0.2, 0) is 28.5 Å². The van der Waals surface area contributed by atoms with Gasteiger partial charge in [0, 0.05) is 68.5 Å². The molecule has 35 heavy (non-hydrogen) atoms. The van der Waals surface area contributed by atoms with Gasteiger partial charge < -0.3 is 24.0 Å². The lowest BCUT2D eigenvalue weighted by Crippen LogP contribution is -2.68. The van der Waals surface area contributed by atoms with Gasteiger partial charge in [-0.15, -0.1) is 0 Å². The van der Waals surface area contributed by atoms with Crippen molar-refractivity contribution in [2.24, 2.45) is 7.05 Å². The molecule has 1 aromatic heterocycles. The van der Waals surface area contributed by atoms with Crippen molar-refractivity contribution in [1.82, 2.24) is 14.4 Å². The second kappa shape index (κ2) is 8.89. The Morgan fingerprint density at radius 1 is 1.14 bits per heavy atom. The lowest BCUT2D eigenvalue weighted by Gasteiger charge is -2.56. The minimum Gasteiger partial charge on any atom is -0.497 e. The molecule has 0 saturated carbocycles. The molecule has 186 valence electrons. The summed E-state index contributed by atoms with van der Waals surface area (Å²) in [6.45, 7) is 1.40. The molecule has 7 nitrogen and oxygen atoms in total. The summed E-state index contributed by atoms with van der Waals surface area (Å²) in [5, 5.41) is 11.5. The van der Waals surface area contributed by atoms with Gasteiger partial charge in [-0.05, 0) is 35.9 Å². The predicted molar refractivity (Wildman–Crippen MR) is 126 cm³/mol. The molecule has 9 heteroatoms. The second-order valence-electron chi connectivity index (χ2n) is 9.50. The number of carbonyl (C=O) groups is 1. The molecule has 2 aromatic carbocycles. The molecule has 2 aliphatic heterocycles. The van der Waals surface area contributed by atoms with Crippen molar-refractivity contribution in [2.75, 3.05) is 47.1 Å². The molecule has 0 radical (unpaired) electrons. The number of fused-ring (bicyclic) bond motifs is 4. The van der Waals surface area contributed by atoms with E-state index in [4.69, 9.17) is 9.47 Å². The highest BCUT2D eigenvalue weighted by Crippen LogP contribution is 2.50. The molecule has 1 atom stereocenters. The maximum Gasteiger partial charge on any atom is 0.248 e. The van der Waals surface area contributed by atoms with Crippen LogP contribution in [0.2, 0.25) is 0 Å². The first kappa shape index (κ1) is 23.7. The Morgan fingerprint density at radius 2 is 1.91 bits per heavy atom. The molecule has 0 aliphatic carbocycles. The Kier molecular flexibility index (Phi) is 6.03. The van der Waals surface area contributed by atoms with Gasteiger partial charge in [-0.1, -0.05) is 0 Å². The number of aromatic nitrogens is 1. The van der Waals surface area contributed by atoms with E-state index >= 15 is 0 Å². The number of benzene rings is 2.